The monoisotopic (exact) mass is 351 g/mol. The highest BCUT2D eigenvalue weighted by Crippen LogP contribution is 2.49. The van der Waals surface area contributed by atoms with Crippen molar-refractivity contribution in [3.05, 3.63) is 18.2 Å². The lowest BCUT2D eigenvalue weighted by Crippen LogP contribution is -2.22. The fourth-order valence-electron chi connectivity index (χ4n) is 4.25. The molecule has 3 atom stereocenters. The molecule has 3 rings (SSSR count). The minimum atomic E-state index is -3.80. The summed E-state index contributed by atoms with van der Waals surface area (Å²) in [5.74, 6) is 1.90. The Kier molecular flexibility index (Phi) is 4.57. The van der Waals surface area contributed by atoms with E-state index in [4.69, 9.17) is 5.14 Å². The Morgan fingerprint density at radius 1 is 1.29 bits per heavy atom. The predicted octanol–water partition coefficient (Wildman–Crippen LogP) is 2.16. The van der Waals surface area contributed by atoms with Crippen molar-refractivity contribution in [2.24, 2.45) is 22.9 Å². The van der Waals surface area contributed by atoms with Crippen molar-refractivity contribution < 1.29 is 13.2 Å². The highest BCUT2D eigenvalue weighted by atomic mass is 32.2. The third-order valence-corrected chi connectivity index (χ3v) is 6.30. The number of hydrogen-bond acceptors (Lipinski definition) is 4. The van der Waals surface area contributed by atoms with E-state index in [9.17, 15) is 13.2 Å². The van der Waals surface area contributed by atoms with Gasteiger partial charge in [-0.2, -0.15) is 0 Å². The van der Waals surface area contributed by atoms with Gasteiger partial charge in [-0.3, -0.25) is 4.79 Å². The van der Waals surface area contributed by atoms with Gasteiger partial charge in [0.2, 0.25) is 15.9 Å². The highest BCUT2D eigenvalue weighted by Gasteiger charge is 2.40. The number of sulfonamides is 1. The minimum absolute atomic E-state index is 0.00308. The van der Waals surface area contributed by atoms with E-state index in [0.29, 0.717) is 23.9 Å². The van der Waals surface area contributed by atoms with E-state index < -0.39 is 10.0 Å². The maximum Gasteiger partial charge on any atom is 0.238 e. The van der Waals surface area contributed by atoms with E-state index in [-0.39, 0.29) is 10.8 Å². The van der Waals surface area contributed by atoms with Crippen LogP contribution in [0.5, 0.6) is 0 Å². The summed E-state index contributed by atoms with van der Waals surface area (Å²) in [7, 11) is -0.113. The van der Waals surface area contributed by atoms with Crippen molar-refractivity contribution in [2.75, 3.05) is 24.3 Å². The van der Waals surface area contributed by atoms with Gasteiger partial charge in [0, 0.05) is 20.5 Å². The summed E-state index contributed by atoms with van der Waals surface area (Å²) in [5, 5.41) is 8.09. The van der Waals surface area contributed by atoms with Crippen molar-refractivity contribution in [2.45, 2.75) is 37.0 Å². The molecule has 0 spiro atoms. The van der Waals surface area contributed by atoms with Crippen molar-refractivity contribution >= 4 is 27.3 Å². The van der Waals surface area contributed by atoms with Crippen molar-refractivity contribution in [1.29, 1.82) is 0 Å². The molecule has 0 aromatic heterocycles. The first kappa shape index (κ1) is 17.2. The van der Waals surface area contributed by atoms with Gasteiger partial charge in [0.1, 0.15) is 0 Å². The first-order chi connectivity index (χ1) is 11.2. The van der Waals surface area contributed by atoms with Crippen LogP contribution >= 0.6 is 0 Å². The van der Waals surface area contributed by atoms with Crippen LogP contribution in [0.4, 0.5) is 11.4 Å². The second-order valence-corrected chi connectivity index (χ2v) is 8.87. The number of rotatable bonds is 5. The Labute approximate surface area is 143 Å². The molecule has 1 aromatic rings. The molecule has 2 saturated carbocycles. The summed E-state index contributed by atoms with van der Waals surface area (Å²) in [6.07, 6.45) is 5.47. The quantitative estimate of drug-likeness (QED) is 0.850. The average molecular weight is 351 g/mol. The number of fused-ring (bicyclic) bond motifs is 2. The topological polar surface area (TPSA) is 92.5 Å². The summed E-state index contributed by atoms with van der Waals surface area (Å²) in [4.78, 5) is 14.3. The Hall–Kier alpha value is -1.60. The zero-order chi connectivity index (χ0) is 17.5. The molecular formula is C17H25N3O3S. The Morgan fingerprint density at radius 3 is 2.58 bits per heavy atom. The lowest BCUT2D eigenvalue weighted by molar-refractivity contribution is -0.117. The predicted molar refractivity (Wildman–Crippen MR) is 94.3 cm³/mol. The molecule has 0 heterocycles. The number of primary sulfonamides is 1. The number of carbonyl (C=O) groups excluding carboxylic acids is 1. The van der Waals surface area contributed by atoms with Crippen LogP contribution in [0.1, 0.15) is 32.1 Å². The summed E-state index contributed by atoms with van der Waals surface area (Å²) in [6.45, 7) is 0. The van der Waals surface area contributed by atoms with E-state index >= 15 is 0 Å². The number of nitrogens with one attached hydrogen (secondary N) is 1. The van der Waals surface area contributed by atoms with Gasteiger partial charge in [0.25, 0.3) is 0 Å². The third-order valence-electron chi connectivity index (χ3n) is 5.38. The zero-order valence-electron chi connectivity index (χ0n) is 14.2. The number of carbonyl (C=O) groups is 1. The van der Waals surface area contributed by atoms with Crippen LogP contribution in [0, 0.1) is 17.8 Å². The van der Waals surface area contributed by atoms with Gasteiger partial charge >= 0.3 is 0 Å². The fourth-order valence-corrected chi connectivity index (χ4v) is 4.79. The number of hydrogen-bond donors (Lipinski definition) is 2. The molecular weight excluding hydrogens is 326 g/mol. The minimum Gasteiger partial charge on any atom is -0.376 e. The van der Waals surface area contributed by atoms with Crippen LogP contribution in [0.3, 0.4) is 0 Å². The molecule has 0 unspecified atom stereocenters. The Bertz CT molecular complexity index is 745. The molecule has 3 N–H and O–H groups in total. The number of benzene rings is 1. The van der Waals surface area contributed by atoms with Gasteiger partial charge in [-0.15, -0.1) is 0 Å². The molecule has 6 nitrogen and oxygen atoms in total. The van der Waals surface area contributed by atoms with Crippen molar-refractivity contribution in [3.63, 3.8) is 0 Å². The fraction of sp³-hybridized carbons (Fsp3) is 0.588. The van der Waals surface area contributed by atoms with Crippen LogP contribution < -0.4 is 15.4 Å². The van der Waals surface area contributed by atoms with Crippen LogP contribution in [0.2, 0.25) is 0 Å². The maximum atomic E-state index is 12.5. The Balaban J connectivity index is 1.76. The average Bonchev–Trinajstić information content (AvgIpc) is 3.08. The molecule has 1 aromatic carbocycles. The maximum absolute atomic E-state index is 12.5. The largest absolute Gasteiger partial charge is 0.376 e. The van der Waals surface area contributed by atoms with Crippen molar-refractivity contribution in [1.82, 2.24) is 0 Å². The number of anilines is 2. The number of nitrogens with zero attached hydrogens (tertiary/aromatic N) is 1. The molecule has 1 amide bonds. The molecule has 24 heavy (non-hydrogen) atoms. The van der Waals surface area contributed by atoms with Crippen LogP contribution in [0.15, 0.2) is 23.1 Å². The molecule has 2 aliphatic rings. The molecule has 0 radical (unpaired) electrons. The molecule has 0 saturated heterocycles. The summed E-state index contributed by atoms with van der Waals surface area (Å²) in [6, 6.07) is 4.55. The summed E-state index contributed by atoms with van der Waals surface area (Å²) >= 11 is 0. The molecule has 2 bridgehead atoms. The lowest BCUT2D eigenvalue weighted by atomic mass is 9.86. The van der Waals surface area contributed by atoms with Gasteiger partial charge in [-0.05, 0) is 55.2 Å². The zero-order valence-corrected chi connectivity index (χ0v) is 15.0. The van der Waals surface area contributed by atoms with Crippen LogP contribution in [-0.4, -0.2) is 28.4 Å². The number of amides is 1. The van der Waals surface area contributed by atoms with Gasteiger partial charge < -0.3 is 10.2 Å². The highest BCUT2D eigenvalue weighted by molar-refractivity contribution is 7.89. The molecule has 0 aliphatic heterocycles. The molecule has 132 valence electrons. The van der Waals surface area contributed by atoms with Crippen LogP contribution in [-0.2, 0) is 14.8 Å². The van der Waals surface area contributed by atoms with Gasteiger partial charge in [-0.25, -0.2) is 13.6 Å². The molecule has 2 fully saturated rings. The lowest BCUT2D eigenvalue weighted by Gasteiger charge is -2.22. The number of nitrogens with two attached hydrogens (primary N) is 1. The second-order valence-electron chi connectivity index (χ2n) is 7.31. The molecule has 7 heteroatoms. The summed E-state index contributed by atoms with van der Waals surface area (Å²) in [5.41, 5.74) is 1.24. The normalized spacial score (nSPS) is 25.7. The Morgan fingerprint density at radius 2 is 2.04 bits per heavy atom. The van der Waals surface area contributed by atoms with Crippen LogP contribution in [0.25, 0.3) is 0 Å². The van der Waals surface area contributed by atoms with E-state index in [0.717, 1.165) is 18.0 Å². The van der Waals surface area contributed by atoms with E-state index in [1.165, 1.54) is 31.4 Å². The van der Waals surface area contributed by atoms with E-state index in [1.807, 2.05) is 19.0 Å². The first-order valence-corrected chi connectivity index (χ1v) is 9.92. The van der Waals surface area contributed by atoms with E-state index in [1.54, 1.807) is 6.07 Å². The van der Waals surface area contributed by atoms with Gasteiger partial charge in [-0.1, -0.05) is 6.42 Å². The standard InChI is InChI=1S/C17H25N3O3S/c1-20(2)16-6-5-14(24(18,22)23)10-15(16)19-17(21)9-13-8-11-3-4-12(13)7-11/h5-6,10-13H,3-4,7-9H2,1-2H3,(H,19,21)(H2,18,22,23)/t11-,12-,13-/m0/s1. The smallest absolute Gasteiger partial charge is 0.238 e. The SMILES string of the molecule is CN(C)c1ccc(S(N)(=O)=O)cc1NC(=O)C[C@@H]1C[C@H]2CC[C@H]1C2. The van der Waals surface area contributed by atoms with Gasteiger partial charge in [0.05, 0.1) is 16.3 Å². The molecule has 2 aliphatic carbocycles. The third kappa shape index (κ3) is 3.57. The van der Waals surface area contributed by atoms with Crippen molar-refractivity contribution in [3.8, 4) is 0 Å². The van der Waals surface area contributed by atoms with E-state index in [2.05, 4.69) is 5.32 Å². The summed E-state index contributed by atoms with van der Waals surface area (Å²) < 4.78 is 23.1. The second kappa shape index (κ2) is 6.37. The van der Waals surface area contributed by atoms with Gasteiger partial charge in [0.15, 0.2) is 0 Å². The first-order valence-electron chi connectivity index (χ1n) is 8.38.